The zero-order valence-electron chi connectivity index (χ0n) is 10.6. The number of aliphatic hydroxyl groups is 1. The number of hydrogen-bond donors (Lipinski definition) is 3. The molecule has 1 saturated heterocycles. The molecule has 1 unspecified atom stereocenters. The number of ether oxygens (including phenoxy) is 1. The van der Waals surface area contributed by atoms with Crippen molar-refractivity contribution in [2.45, 2.75) is 18.9 Å². The predicted octanol–water partition coefficient (Wildman–Crippen LogP) is 0.474. The second-order valence-corrected chi connectivity index (χ2v) is 4.59. The molecule has 1 aliphatic heterocycles. The van der Waals surface area contributed by atoms with Gasteiger partial charge < -0.3 is 24.7 Å². The van der Waals surface area contributed by atoms with Crippen LogP contribution >= 0.6 is 0 Å². The minimum absolute atomic E-state index is 0.197. The normalized spacial score (nSPS) is 18.6. The minimum atomic E-state index is -0.645. The van der Waals surface area contributed by atoms with Crippen LogP contribution in [0.2, 0.25) is 0 Å². The fraction of sp³-hybridized carbons (Fsp3) is 0.417. The third-order valence-electron chi connectivity index (χ3n) is 3.53. The van der Waals surface area contributed by atoms with Crippen molar-refractivity contribution in [3.05, 3.63) is 28.4 Å². The van der Waals surface area contributed by atoms with Crippen LogP contribution in [0, 0.1) is 0 Å². The van der Waals surface area contributed by atoms with Crippen molar-refractivity contribution < 1.29 is 14.6 Å². The summed E-state index contributed by atoms with van der Waals surface area (Å²) in [7, 11) is 0. The first-order valence-corrected chi connectivity index (χ1v) is 6.31. The lowest BCUT2D eigenvalue weighted by Gasteiger charge is -2.22. The molecule has 0 spiro atoms. The fourth-order valence-electron chi connectivity index (χ4n) is 2.67. The summed E-state index contributed by atoms with van der Waals surface area (Å²) in [5, 5.41) is 8.69. The zero-order valence-corrected chi connectivity index (χ0v) is 10.6. The van der Waals surface area contributed by atoms with Gasteiger partial charge in [-0.1, -0.05) is 0 Å². The number of nitrogens with zero attached hydrogens (tertiary/aromatic N) is 2. The first-order chi connectivity index (χ1) is 9.72. The van der Waals surface area contributed by atoms with Gasteiger partial charge in [-0.05, 0) is 12.8 Å². The van der Waals surface area contributed by atoms with E-state index in [0.29, 0.717) is 17.6 Å². The van der Waals surface area contributed by atoms with E-state index in [1.807, 2.05) is 0 Å². The van der Waals surface area contributed by atoms with Gasteiger partial charge in [0.15, 0.2) is 6.79 Å². The minimum Gasteiger partial charge on any atom is -0.422 e. The molecule has 3 N–H and O–H groups in total. The average Bonchev–Trinajstić information content (AvgIpc) is 3.05. The number of aliphatic hydroxyl groups excluding tert-OH is 1. The highest BCUT2D eigenvalue weighted by atomic mass is 16.6. The van der Waals surface area contributed by atoms with Gasteiger partial charge in [0.25, 0.3) is 5.56 Å². The van der Waals surface area contributed by atoms with E-state index in [4.69, 9.17) is 5.11 Å². The van der Waals surface area contributed by atoms with Crippen LogP contribution in [0.5, 0.6) is 0 Å². The molecule has 0 bridgehead atoms. The van der Waals surface area contributed by atoms with Gasteiger partial charge in [-0.25, -0.2) is 9.78 Å². The summed E-state index contributed by atoms with van der Waals surface area (Å²) in [6, 6.07) is -0.197. The third kappa shape index (κ3) is 1.94. The van der Waals surface area contributed by atoms with Crippen molar-refractivity contribution in [2.75, 3.05) is 13.3 Å². The summed E-state index contributed by atoms with van der Waals surface area (Å²) < 4.78 is 4.63. The number of H-pyrrole nitrogens is 2. The molecule has 0 saturated carbocycles. The molecule has 8 heteroatoms. The van der Waals surface area contributed by atoms with Crippen molar-refractivity contribution in [2.24, 2.45) is 0 Å². The summed E-state index contributed by atoms with van der Waals surface area (Å²) in [4.78, 5) is 34.6. The van der Waals surface area contributed by atoms with Crippen molar-refractivity contribution in [1.82, 2.24) is 19.9 Å². The van der Waals surface area contributed by atoms with E-state index in [-0.39, 0.29) is 11.6 Å². The number of rotatable bonds is 2. The van der Waals surface area contributed by atoms with E-state index in [1.54, 1.807) is 11.1 Å². The summed E-state index contributed by atoms with van der Waals surface area (Å²) in [6.07, 6.45) is 4.08. The van der Waals surface area contributed by atoms with Crippen LogP contribution in [0.3, 0.4) is 0 Å². The van der Waals surface area contributed by atoms with Crippen molar-refractivity contribution in [1.29, 1.82) is 0 Å². The number of carbonyl (C=O) groups excluding carboxylic acids is 1. The molecule has 8 nitrogen and oxygen atoms in total. The second-order valence-electron chi connectivity index (χ2n) is 4.59. The number of aromatic amines is 2. The van der Waals surface area contributed by atoms with Crippen molar-refractivity contribution >= 4 is 17.1 Å². The zero-order chi connectivity index (χ0) is 14.1. The lowest BCUT2D eigenvalue weighted by molar-refractivity contribution is 0.0201. The highest BCUT2D eigenvalue weighted by molar-refractivity contribution is 5.79. The van der Waals surface area contributed by atoms with Gasteiger partial charge in [0, 0.05) is 18.3 Å². The number of likely N-dealkylation sites (tertiary alicyclic amines) is 1. The first kappa shape index (κ1) is 12.7. The Kier molecular flexibility index (Phi) is 3.15. The standard InChI is InChI=1S/C12H14N4O4/c17-6-20-12(19)16-3-1-2-8(16)7-4-13-10-9(7)14-5-15-11(10)18/h4-5,8,13,17H,1-3,6H2,(H,14,15,18). The van der Waals surface area contributed by atoms with Gasteiger partial charge in [0.1, 0.15) is 11.0 Å². The topological polar surface area (TPSA) is 111 Å². The molecule has 20 heavy (non-hydrogen) atoms. The maximum absolute atomic E-state index is 11.8. The molecule has 1 fully saturated rings. The Morgan fingerprint density at radius 2 is 2.40 bits per heavy atom. The quantitative estimate of drug-likeness (QED) is 0.692. The van der Waals surface area contributed by atoms with Gasteiger partial charge in [0.2, 0.25) is 0 Å². The van der Waals surface area contributed by atoms with Gasteiger partial charge in [-0.3, -0.25) is 4.79 Å². The molecule has 2 aromatic rings. The van der Waals surface area contributed by atoms with Crippen LogP contribution in [0.25, 0.3) is 11.0 Å². The maximum atomic E-state index is 11.8. The highest BCUT2D eigenvalue weighted by Gasteiger charge is 2.33. The molecule has 3 rings (SSSR count). The van der Waals surface area contributed by atoms with Gasteiger partial charge in [-0.15, -0.1) is 0 Å². The first-order valence-electron chi connectivity index (χ1n) is 6.31. The van der Waals surface area contributed by atoms with Crippen LogP contribution in [0.4, 0.5) is 4.79 Å². The summed E-state index contributed by atoms with van der Waals surface area (Å²) in [5.74, 6) is 0. The summed E-state index contributed by atoms with van der Waals surface area (Å²) in [5.41, 5.74) is 1.49. The van der Waals surface area contributed by atoms with E-state index in [0.717, 1.165) is 18.4 Å². The molecule has 0 radical (unpaired) electrons. The lowest BCUT2D eigenvalue weighted by atomic mass is 10.1. The number of fused-ring (bicyclic) bond motifs is 1. The van der Waals surface area contributed by atoms with Crippen molar-refractivity contribution in [3.8, 4) is 0 Å². The smallest absolute Gasteiger partial charge is 0.412 e. The molecular formula is C12H14N4O4. The SMILES string of the molecule is O=C(OCO)N1CCCC1c1c[nH]c2c(=O)[nH]cnc12. The highest BCUT2D eigenvalue weighted by Crippen LogP contribution is 2.34. The monoisotopic (exact) mass is 278 g/mol. The summed E-state index contributed by atoms with van der Waals surface area (Å²) >= 11 is 0. The molecule has 0 aliphatic carbocycles. The predicted molar refractivity (Wildman–Crippen MR) is 69.0 cm³/mol. The largest absolute Gasteiger partial charge is 0.422 e. The Morgan fingerprint density at radius 1 is 1.55 bits per heavy atom. The van der Waals surface area contributed by atoms with Crippen LogP contribution in [0.1, 0.15) is 24.4 Å². The molecular weight excluding hydrogens is 264 g/mol. The molecule has 106 valence electrons. The van der Waals surface area contributed by atoms with Gasteiger partial charge >= 0.3 is 6.09 Å². The average molecular weight is 278 g/mol. The Morgan fingerprint density at radius 3 is 3.20 bits per heavy atom. The van der Waals surface area contributed by atoms with Crippen LogP contribution < -0.4 is 5.56 Å². The van der Waals surface area contributed by atoms with Crippen molar-refractivity contribution in [3.63, 3.8) is 0 Å². The fourth-order valence-corrected chi connectivity index (χ4v) is 2.67. The summed E-state index contributed by atoms with van der Waals surface area (Å²) in [6.45, 7) is -0.0901. The van der Waals surface area contributed by atoms with Gasteiger partial charge in [0.05, 0.1) is 12.4 Å². The van der Waals surface area contributed by atoms with Crippen LogP contribution in [-0.4, -0.2) is 44.4 Å². The maximum Gasteiger partial charge on any atom is 0.412 e. The Balaban J connectivity index is 2.00. The van der Waals surface area contributed by atoms with E-state index in [9.17, 15) is 9.59 Å². The Labute approximate surface area is 113 Å². The van der Waals surface area contributed by atoms with E-state index < -0.39 is 12.9 Å². The molecule has 1 atom stereocenters. The molecule has 3 heterocycles. The van der Waals surface area contributed by atoms with Crippen LogP contribution in [0.15, 0.2) is 17.3 Å². The van der Waals surface area contributed by atoms with E-state index in [1.165, 1.54) is 6.33 Å². The number of amides is 1. The molecule has 0 aromatic carbocycles. The third-order valence-corrected chi connectivity index (χ3v) is 3.53. The second kappa shape index (κ2) is 4.97. The van der Waals surface area contributed by atoms with E-state index in [2.05, 4.69) is 19.7 Å². The van der Waals surface area contributed by atoms with E-state index >= 15 is 0 Å². The Hall–Kier alpha value is -2.35. The Bertz CT molecular complexity index is 692. The molecule has 2 aromatic heterocycles. The molecule has 1 aliphatic rings. The van der Waals surface area contributed by atoms with Gasteiger partial charge in [-0.2, -0.15) is 0 Å². The number of carbonyl (C=O) groups is 1. The number of hydrogen-bond acceptors (Lipinski definition) is 5. The number of aromatic nitrogens is 3. The van der Waals surface area contributed by atoms with Crippen LogP contribution in [-0.2, 0) is 4.74 Å². The lowest BCUT2D eigenvalue weighted by Crippen LogP contribution is -2.31. The molecule has 1 amide bonds. The number of nitrogens with one attached hydrogen (secondary N) is 2.